The number of nitrogens with zero attached hydrogens (tertiary/aromatic N) is 4. The Hall–Kier alpha value is -5.99. The molecule has 0 saturated heterocycles. The van der Waals surface area contributed by atoms with Gasteiger partial charge in [-0.3, -0.25) is 29.0 Å². The van der Waals surface area contributed by atoms with Crippen molar-refractivity contribution >= 4 is 61.6 Å². The second-order valence-corrected chi connectivity index (χ2v) is 17.7. The number of halogens is 9. The summed E-state index contributed by atoms with van der Waals surface area (Å²) in [5, 5.41) is 17.5. The molecule has 2 aromatic heterocycles. The molecular weight excluding hydrogens is 904 g/mol. The summed E-state index contributed by atoms with van der Waals surface area (Å²) < 4.78 is 132. The number of aromatic nitrogens is 4. The van der Waals surface area contributed by atoms with E-state index in [1.54, 1.807) is 0 Å². The molecule has 2 unspecified atom stereocenters. The number of anilines is 1. The van der Waals surface area contributed by atoms with Gasteiger partial charge in [0.15, 0.2) is 0 Å². The molecule has 0 aliphatic heterocycles. The minimum atomic E-state index is -4.06. The summed E-state index contributed by atoms with van der Waals surface area (Å²) in [5.74, 6) is -10.7. The van der Waals surface area contributed by atoms with Gasteiger partial charge in [-0.1, -0.05) is 29.3 Å². The van der Waals surface area contributed by atoms with E-state index in [1.807, 2.05) is 4.72 Å². The molecule has 1 saturated carbocycles. The van der Waals surface area contributed by atoms with Crippen molar-refractivity contribution in [1.82, 2.24) is 29.4 Å². The SMILES string of the molecule is CNc1c(-n2c([C@H](Cc3cc(F)cc(F)c3)NC(=O)Cn3nc(C(F)F)c4c3C(F)(F)C3CC43)nc3cc(-c4ccc(Cl)cc4F)ccc3c2=O)ccc(Cl)c1C(=N)NS(C)(=O)=O. The summed E-state index contributed by atoms with van der Waals surface area (Å²) in [7, 11) is -2.69. The molecule has 4 N–H and O–H groups in total. The van der Waals surface area contributed by atoms with Crippen LogP contribution >= 0.6 is 23.2 Å². The molecule has 328 valence electrons. The van der Waals surface area contributed by atoms with E-state index in [4.69, 9.17) is 33.6 Å². The van der Waals surface area contributed by atoms with Crippen molar-refractivity contribution in [2.24, 2.45) is 5.92 Å². The molecule has 0 radical (unpaired) electrons. The highest BCUT2D eigenvalue weighted by molar-refractivity contribution is 7.89. The van der Waals surface area contributed by atoms with E-state index in [9.17, 15) is 35.6 Å². The average molecular weight is 936 g/mol. The number of hydrogen-bond acceptors (Lipinski definition) is 8. The summed E-state index contributed by atoms with van der Waals surface area (Å²) in [4.78, 5) is 33.8. The van der Waals surface area contributed by atoms with Gasteiger partial charge in [-0.2, -0.15) is 13.9 Å². The van der Waals surface area contributed by atoms with Crippen LogP contribution in [-0.4, -0.2) is 52.8 Å². The summed E-state index contributed by atoms with van der Waals surface area (Å²) in [5.41, 5.74) is -3.38. The van der Waals surface area contributed by atoms with Crippen LogP contribution in [0.4, 0.5) is 36.4 Å². The number of hydrogen-bond donors (Lipinski definition) is 4. The number of rotatable bonds is 12. The molecule has 63 heavy (non-hydrogen) atoms. The van der Waals surface area contributed by atoms with Gasteiger partial charge in [0.25, 0.3) is 17.9 Å². The molecule has 12 nitrogen and oxygen atoms in total. The van der Waals surface area contributed by atoms with Crippen LogP contribution in [0.15, 0.2) is 71.5 Å². The van der Waals surface area contributed by atoms with Crippen LogP contribution in [0, 0.1) is 28.8 Å². The fourth-order valence-electron chi connectivity index (χ4n) is 8.17. The van der Waals surface area contributed by atoms with E-state index in [0.717, 1.165) is 29.0 Å². The summed E-state index contributed by atoms with van der Waals surface area (Å²) in [6, 6.07) is 11.3. The number of benzene rings is 4. The Kier molecular flexibility index (Phi) is 11.1. The Labute approximate surface area is 362 Å². The highest BCUT2D eigenvalue weighted by Crippen LogP contribution is 2.68. The van der Waals surface area contributed by atoms with Crippen molar-refractivity contribution in [3.8, 4) is 16.8 Å². The average Bonchev–Trinajstić information content (AvgIpc) is 3.84. The van der Waals surface area contributed by atoms with Crippen LogP contribution in [0.1, 0.15) is 58.7 Å². The minimum Gasteiger partial charge on any atom is -0.386 e. The lowest BCUT2D eigenvalue weighted by Crippen LogP contribution is -2.38. The van der Waals surface area contributed by atoms with Crippen LogP contribution in [0.3, 0.4) is 0 Å². The molecule has 8 rings (SSSR count). The van der Waals surface area contributed by atoms with Gasteiger partial charge >= 0.3 is 0 Å². The molecule has 2 aliphatic carbocycles. The number of carbonyl (C=O) groups is 1. The number of carbonyl (C=O) groups excluding carboxylic acids is 1. The zero-order valence-electron chi connectivity index (χ0n) is 32.5. The minimum absolute atomic E-state index is 0.0355. The van der Waals surface area contributed by atoms with Crippen LogP contribution in [-0.2, 0) is 33.7 Å². The molecular formula is C41H31Cl2F7N8O4S. The lowest BCUT2D eigenvalue weighted by molar-refractivity contribution is -0.123. The third-order valence-corrected chi connectivity index (χ3v) is 11.9. The predicted molar refractivity (Wildman–Crippen MR) is 220 cm³/mol. The third-order valence-electron chi connectivity index (χ3n) is 10.8. The second-order valence-electron chi connectivity index (χ2n) is 15.1. The molecule has 0 bridgehead atoms. The Balaban J connectivity index is 1.35. The Morgan fingerprint density at radius 3 is 2.38 bits per heavy atom. The van der Waals surface area contributed by atoms with E-state index < -0.39 is 105 Å². The zero-order chi connectivity index (χ0) is 45.4. The van der Waals surface area contributed by atoms with E-state index in [1.165, 1.54) is 49.5 Å². The fraction of sp³-hybridized carbons (Fsp3) is 0.244. The van der Waals surface area contributed by atoms with Gasteiger partial charge in [0, 0.05) is 41.6 Å². The quantitative estimate of drug-likeness (QED) is 0.0547. The predicted octanol–water partition coefficient (Wildman–Crippen LogP) is 8.14. The van der Waals surface area contributed by atoms with Crippen LogP contribution < -0.4 is 20.9 Å². The largest absolute Gasteiger partial charge is 0.386 e. The van der Waals surface area contributed by atoms with Crippen LogP contribution in [0.2, 0.25) is 10.0 Å². The first-order valence-electron chi connectivity index (χ1n) is 18.8. The number of amidine groups is 1. The molecule has 4 aromatic carbocycles. The first kappa shape index (κ1) is 43.7. The van der Waals surface area contributed by atoms with E-state index in [0.29, 0.717) is 10.7 Å². The molecule has 3 atom stereocenters. The fourth-order valence-corrected chi connectivity index (χ4v) is 9.06. The van der Waals surface area contributed by atoms with Crippen molar-refractivity contribution in [2.45, 2.75) is 43.7 Å². The highest BCUT2D eigenvalue weighted by Gasteiger charge is 2.67. The summed E-state index contributed by atoms with van der Waals surface area (Å²) in [6.07, 6.45) is -3.04. The standard InChI is InChI=1S/C41H31Cl2F7N8O4S/c1-52-34-30(8-7-26(43)33(34)38(51)56-63(2,61)62)58-39(54-28-12-18(3-5-23(28)40(58)60)22-6-4-19(42)13-27(22)46)29(11-17-9-20(44)14-21(45)10-17)53-31(59)16-57-36-32(35(55-57)37(47)48)24-15-25(24)41(36,49)50/h3-10,12-14,24-25,29,37,52H,11,15-16H2,1-2H3,(H2,51,56)(H,53,59)/t24?,25?,29-/m0/s1. The van der Waals surface area contributed by atoms with E-state index >= 15 is 13.2 Å². The van der Waals surface area contributed by atoms with Crippen LogP contribution in [0.5, 0.6) is 0 Å². The molecule has 0 spiro atoms. The van der Waals surface area contributed by atoms with Gasteiger partial charge in [-0.05, 0) is 78.1 Å². The van der Waals surface area contributed by atoms with Crippen molar-refractivity contribution < 1.29 is 43.9 Å². The zero-order valence-corrected chi connectivity index (χ0v) is 34.8. The number of nitrogens with one attached hydrogen (secondary N) is 4. The number of amides is 1. The van der Waals surface area contributed by atoms with Gasteiger partial charge in [-0.15, -0.1) is 0 Å². The summed E-state index contributed by atoms with van der Waals surface area (Å²) in [6.45, 7) is -1.04. The molecule has 6 aromatic rings. The molecule has 2 heterocycles. The normalized spacial score (nSPS) is 16.8. The lowest BCUT2D eigenvalue weighted by atomic mass is 10.0. The maximum Gasteiger partial charge on any atom is 0.293 e. The van der Waals surface area contributed by atoms with Crippen molar-refractivity contribution in [1.29, 1.82) is 5.41 Å². The lowest BCUT2D eigenvalue weighted by Gasteiger charge is -2.25. The maximum absolute atomic E-state index is 15.5. The van der Waals surface area contributed by atoms with Gasteiger partial charge in [0.2, 0.25) is 15.9 Å². The van der Waals surface area contributed by atoms with Gasteiger partial charge in [0.1, 0.15) is 47.0 Å². The van der Waals surface area contributed by atoms with E-state index in [-0.39, 0.29) is 66.6 Å². The Morgan fingerprint density at radius 1 is 1.02 bits per heavy atom. The van der Waals surface area contributed by atoms with Crippen molar-refractivity contribution in [2.75, 3.05) is 18.6 Å². The smallest absolute Gasteiger partial charge is 0.293 e. The number of fused-ring (bicyclic) bond motifs is 4. The number of sulfonamides is 1. The van der Waals surface area contributed by atoms with Crippen molar-refractivity contribution in [3.63, 3.8) is 0 Å². The van der Waals surface area contributed by atoms with Crippen LogP contribution in [0.25, 0.3) is 27.7 Å². The summed E-state index contributed by atoms with van der Waals surface area (Å²) >= 11 is 12.5. The molecule has 22 heteroatoms. The Morgan fingerprint density at radius 2 is 1.73 bits per heavy atom. The first-order valence-corrected chi connectivity index (χ1v) is 21.4. The van der Waals surface area contributed by atoms with Gasteiger partial charge < -0.3 is 10.6 Å². The topological polar surface area (TPSA) is 164 Å². The maximum atomic E-state index is 15.5. The first-order chi connectivity index (χ1) is 29.7. The monoisotopic (exact) mass is 934 g/mol. The van der Waals surface area contributed by atoms with E-state index in [2.05, 4.69) is 15.7 Å². The van der Waals surface area contributed by atoms with Gasteiger partial charge in [-0.25, -0.2) is 35.4 Å². The second kappa shape index (κ2) is 16.0. The molecule has 1 fully saturated rings. The Bertz CT molecular complexity index is 3070. The van der Waals surface area contributed by atoms with Crippen molar-refractivity contribution in [3.05, 3.63) is 138 Å². The third kappa shape index (κ3) is 8.10. The number of alkyl halides is 4. The van der Waals surface area contributed by atoms with Gasteiger partial charge in [0.05, 0.1) is 45.2 Å². The molecule has 1 amide bonds. The highest BCUT2D eigenvalue weighted by atomic mass is 35.5. The molecule has 2 aliphatic rings.